The maximum absolute atomic E-state index is 12.6. The molecule has 84 heavy (non-hydrogen) atoms. The SMILES string of the molecule is CC.CC.CCSC.CO.CSSC.CSSC.F.O.O=CCCCCCCCCCCCCC(=O)N[C@@H](CCC(=O)NC(CCC(=O)N[C@@H](CCC(=O)NC(CCC(=O)NCCCCC(NP)C(=O)O)C(=O)O)C(=O)O)C(=O)O)C(=O)O.S. The Morgan fingerprint density at radius 3 is 0.940 bits per heavy atom. The highest BCUT2D eigenvalue weighted by Crippen LogP contribution is 2.13. The van der Waals surface area contributed by atoms with Gasteiger partial charge in [-0.3, -0.25) is 38.6 Å². The number of unbranched alkanes of at least 4 members (excludes halogenated alkanes) is 11. The molecule has 0 radical (unpaired) electrons. The van der Waals surface area contributed by atoms with E-state index in [1.54, 1.807) is 43.2 Å². The van der Waals surface area contributed by atoms with Gasteiger partial charge in [-0.25, -0.2) is 19.2 Å². The van der Waals surface area contributed by atoms with Crippen LogP contribution in [-0.2, 0) is 52.7 Å². The number of thioether (sulfide) groups is 1. The van der Waals surface area contributed by atoms with Crippen molar-refractivity contribution < 1.29 is 93.6 Å². The maximum Gasteiger partial charge on any atom is 0.326 e. The highest BCUT2D eigenvalue weighted by atomic mass is 33.1. The smallest absolute Gasteiger partial charge is 0.326 e. The van der Waals surface area contributed by atoms with Crippen molar-refractivity contribution in [2.45, 2.75) is 213 Å². The van der Waals surface area contributed by atoms with E-state index in [2.05, 4.69) is 79.3 Å². The lowest BCUT2D eigenvalue weighted by Gasteiger charge is -2.18. The Kier molecular flexibility index (Phi) is 97.3. The minimum Gasteiger partial charge on any atom is -0.480 e. The number of carbonyl (C=O) groups is 11. The minimum absolute atomic E-state index is 0. The van der Waals surface area contributed by atoms with Crippen LogP contribution in [0.2, 0.25) is 0 Å². The van der Waals surface area contributed by atoms with E-state index in [0.29, 0.717) is 32.1 Å². The molecule has 0 fully saturated rings. The molecule has 0 bridgehead atoms. The van der Waals surface area contributed by atoms with Crippen LogP contribution in [0.25, 0.3) is 0 Å². The number of aliphatic carboxylic acids is 5. The summed E-state index contributed by atoms with van der Waals surface area (Å²) in [6.45, 7) is 10.4. The minimum atomic E-state index is -1.64. The van der Waals surface area contributed by atoms with Crippen molar-refractivity contribution >= 4 is 143 Å². The summed E-state index contributed by atoms with van der Waals surface area (Å²) in [7, 11) is 10.2. The fourth-order valence-electron chi connectivity index (χ4n) is 6.19. The van der Waals surface area contributed by atoms with Crippen LogP contribution >= 0.6 is 77.8 Å². The second kappa shape index (κ2) is 79.7. The van der Waals surface area contributed by atoms with Crippen molar-refractivity contribution in [2.24, 2.45) is 0 Å². The van der Waals surface area contributed by atoms with Gasteiger partial charge < -0.3 is 67.5 Å². The molecule has 0 aromatic carbocycles. The Morgan fingerprint density at radius 2 is 0.690 bits per heavy atom. The van der Waals surface area contributed by atoms with E-state index in [4.69, 9.17) is 10.2 Å². The fourth-order valence-corrected chi connectivity index (χ4v) is 6.50. The van der Waals surface area contributed by atoms with Crippen molar-refractivity contribution in [1.29, 1.82) is 0 Å². The van der Waals surface area contributed by atoms with Crippen LogP contribution in [0.5, 0.6) is 0 Å². The van der Waals surface area contributed by atoms with Crippen molar-refractivity contribution in [1.82, 2.24) is 31.7 Å². The van der Waals surface area contributed by atoms with Crippen molar-refractivity contribution in [3.8, 4) is 0 Å². The number of aldehydes is 1. The molecule has 0 spiro atoms. The molecular weight excluding hydrogens is 1240 g/mol. The predicted octanol–water partition coefficient (Wildman–Crippen LogP) is 7.11. The fraction of sp³-hybridized carbons (Fsp3) is 0.788. The number of carboxylic acids is 5. The topological polar surface area (TPSA) is 413 Å². The Bertz CT molecular complexity index is 1630. The van der Waals surface area contributed by atoms with Crippen LogP contribution in [0.4, 0.5) is 4.70 Å². The Labute approximate surface area is 528 Å². The average Bonchev–Trinajstić information content (AvgIpc) is 3.46. The molecule has 4 unspecified atom stereocenters. The molecule has 0 saturated carbocycles. The molecule has 0 heterocycles. The first kappa shape index (κ1) is 103. The molecule has 502 valence electrons. The van der Waals surface area contributed by atoms with Gasteiger partial charge in [0.1, 0.15) is 36.5 Å². The van der Waals surface area contributed by atoms with Gasteiger partial charge in [0, 0.05) is 52.2 Å². The standard InChI is InChI=1S/C40H67N6O16P.C3H8S.2C2H6S2.2C2H6.CH4O.FH.H2O.H2S/c47-25-13-9-7-5-3-1-2-4-6-8-10-15-32(49)42-27(37(55)56)17-21-34(51)44-29(39(59)60)19-23-35(52)45-28(38(57)58)18-22-33(50)43-26(36(53)54)16-20-31(48)41-24-12-11-14-30(46-63)40(61)62;3*1-3-4-2;3*1-2;;;/h25-30,46H,1-24,63H2,(H,41,48)(H,42,49)(H,43,50)(H,44,51)(H,45,52)(H,53,54)(H,55,56)(H,57,58)(H,59,60)(H,61,62);3H2,1-2H3;2*1-2H3;2*1-2H3;2H,1H3;1H;2*1H2/t26?,27-,28-,29?,30?;;;;;;;;;/m0........./s1. The lowest BCUT2D eigenvalue weighted by molar-refractivity contribution is -0.144. The molecular formula is C52H108FN6O18PS6. The van der Waals surface area contributed by atoms with Gasteiger partial charge in [-0.2, -0.15) is 25.3 Å². The van der Waals surface area contributed by atoms with Crippen LogP contribution < -0.4 is 31.7 Å². The van der Waals surface area contributed by atoms with E-state index in [1.807, 2.05) is 39.5 Å². The highest BCUT2D eigenvalue weighted by Gasteiger charge is 2.27. The molecule has 5 amide bonds. The molecule has 14 N–H and O–H groups in total. The van der Waals surface area contributed by atoms with Crippen LogP contribution in [-0.4, -0.2) is 183 Å². The number of halogens is 1. The lowest BCUT2D eigenvalue weighted by atomic mass is 10.0. The molecule has 0 aliphatic rings. The van der Waals surface area contributed by atoms with Gasteiger partial charge in [-0.05, 0) is 94.8 Å². The zero-order valence-corrected chi connectivity index (χ0v) is 57.6. The Hall–Kier alpha value is -3.29. The van der Waals surface area contributed by atoms with Gasteiger partial charge in [0.2, 0.25) is 29.5 Å². The highest BCUT2D eigenvalue weighted by molar-refractivity contribution is 8.76. The summed E-state index contributed by atoms with van der Waals surface area (Å²) in [5.41, 5.74) is 0. The number of hydrogen-bond acceptors (Lipinski definition) is 18. The number of hydrogen-bond donors (Lipinski definition) is 12. The summed E-state index contributed by atoms with van der Waals surface area (Å²) in [6.07, 6.45) is 19.4. The number of aliphatic hydroxyl groups is 1. The normalized spacial score (nSPS) is 11.2. The molecule has 6 atom stereocenters. The predicted molar refractivity (Wildman–Crippen MR) is 353 cm³/mol. The Balaban J connectivity index is -0.000000287. The quantitative estimate of drug-likeness (QED) is 0.0125. The molecule has 0 aliphatic heterocycles. The molecule has 0 saturated heterocycles. The van der Waals surface area contributed by atoms with Gasteiger partial charge in [0.25, 0.3) is 0 Å². The Morgan fingerprint density at radius 1 is 0.429 bits per heavy atom. The molecule has 0 rings (SSSR count). The lowest BCUT2D eigenvalue weighted by Crippen LogP contribution is -2.45. The van der Waals surface area contributed by atoms with Crippen LogP contribution in [0.15, 0.2) is 0 Å². The van der Waals surface area contributed by atoms with Crippen LogP contribution in [0, 0.1) is 0 Å². The summed E-state index contributed by atoms with van der Waals surface area (Å²) in [5, 5.41) is 68.3. The molecule has 32 heteroatoms. The summed E-state index contributed by atoms with van der Waals surface area (Å²) >= 11 is 1.86. The zero-order chi connectivity index (χ0) is 63.8. The van der Waals surface area contributed by atoms with Gasteiger partial charge in [0.05, 0.1) is 0 Å². The average molecular weight is 1350 g/mol. The van der Waals surface area contributed by atoms with Crippen molar-refractivity contribution in [3.05, 3.63) is 0 Å². The second-order valence-corrected chi connectivity index (χ2v) is 23.2. The summed E-state index contributed by atoms with van der Waals surface area (Å²) in [6, 6.07) is -6.92. The summed E-state index contributed by atoms with van der Waals surface area (Å²) < 4.78 is 0. The number of amides is 5. The third-order valence-corrected chi connectivity index (χ3v) is 14.2. The monoisotopic (exact) mass is 1350 g/mol. The first-order valence-electron chi connectivity index (χ1n) is 27.2. The first-order valence-corrected chi connectivity index (χ1v) is 35.1. The van der Waals surface area contributed by atoms with Gasteiger partial charge in [-0.15, -0.1) is 0 Å². The van der Waals surface area contributed by atoms with E-state index >= 15 is 0 Å². The molecule has 24 nitrogen and oxygen atoms in total. The van der Waals surface area contributed by atoms with Crippen LogP contribution in [0.1, 0.15) is 182 Å². The number of aliphatic hydroxyl groups excluding tert-OH is 1. The third kappa shape index (κ3) is 74.8. The number of rotatable bonds is 43. The van der Waals surface area contributed by atoms with E-state index in [0.717, 1.165) is 71.2 Å². The van der Waals surface area contributed by atoms with Gasteiger partial charge in [0.15, 0.2) is 0 Å². The maximum atomic E-state index is 12.6. The van der Waals surface area contributed by atoms with E-state index in [-0.39, 0.29) is 55.9 Å². The van der Waals surface area contributed by atoms with E-state index < -0.39 is 122 Å². The van der Waals surface area contributed by atoms with Gasteiger partial charge in [-0.1, -0.05) is 139 Å². The third-order valence-electron chi connectivity index (χ3n) is 10.5. The first-order chi connectivity index (χ1) is 38.6. The summed E-state index contributed by atoms with van der Waals surface area (Å²) in [5.74, 6) is -9.39. The molecule has 0 aliphatic carbocycles. The van der Waals surface area contributed by atoms with Crippen molar-refractivity contribution in [2.75, 3.05) is 50.7 Å². The van der Waals surface area contributed by atoms with Crippen molar-refractivity contribution in [3.63, 3.8) is 0 Å². The largest absolute Gasteiger partial charge is 0.480 e. The number of carbonyl (C=O) groups excluding carboxylic acids is 6. The second-order valence-electron chi connectivity index (χ2n) is 16.4. The molecule has 0 aromatic rings. The summed E-state index contributed by atoms with van der Waals surface area (Å²) in [4.78, 5) is 131. The molecule has 0 aromatic heterocycles. The van der Waals surface area contributed by atoms with E-state index in [1.165, 1.54) is 5.75 Å². The van der Waals surface area contributed by atoms with E-state index in [9.17, 15) is 73.2 Å². The number of nitrogens with one attached hydrogen (secondary N) is 6. The number of carboxylic acid groups (broad SMARTS) is 5. The zero-order valence-electron chi connectivity index (χ0n) is 51.3. The van der Waals surface area contributed by atoms with Gasteiger partial charge >= 0.3 is 29.8 Å². The van der Waals surface area contributed by atoms with Crippen LogP contribution in [0.3, 0.4) is 0 Å².